The average molecular weight is 442 g/mol. The fourth-order valence-corrected chi connectivity index (χ4v) is 5.74. The van der Waals surface area contributed by atoms with Crippen molar-refractivity contribution in [1.29, 1.82) is 0 Å². The van der Waals surface area contributed by atoms with Crippen LogP contribution in [0, 0.1) is 18.6 Å². The molecule has 2 aromatic rings. The van der Waals surface area contributed by atoms with E-state index in [0.29, 0.717) is 17.4 Å². The molecular weight excluding hydrogens is 406 g/mol. The first-order chi connectivity index (χ1) is 15.0. The van der Waals surface area contributed by atoms with E-state index in [2.05, 4.69) is 41.6 Å². The van der Waals surface area contributed by atoms with Gasteiger partial charge in [-0.05, 0) is 76.4 Å². The molecule has 1 N–H and O–H groups in total. The molecule has 0 aromatic carbocycles. The zero-order chi connectivity index (χ0) is 22.0. The SMILES string of the molecule is CCn1c(C2CCCN(C(=O)/C=C/c3cc(C)n(C4CCCCC4)c3C)C2)n[nH]c1=S. The summed E-state index contributed by atoms with van der Waals surface area (Å²) < 4.78 is 5.20. The molecule has 0 bridgehead atoms. The van der Waals surface area contributed by atoms with E-state index < -0.39 is 0 Å². The second-order valence-electron chi connectivity index (χ2n) is 9.08. The Bertz CT molecular complexity index is 1010. The van der Waals surface area contributed by atoms with E-state index >= 15 is 0 Å². The van der Waals surface area contributed by atoms with Gasteiger partial charge in [0.2, 0.25) is 5.91 Å². The molecule has 0 spiro atoms. The number of carbonyl (C=O) groups is 1. The lowest BCUT2D eigenvalue weighted by atomic mass is 9.95. The van der Waals surface area contributed by atoms with Crippen LogP contribution in [0.2, 0.25) is 0 Å². The number of rotatable bonds is 5. The molecule has 2 aromatic heterocycles. The van der Waals surface area contributed by atoms with Crippen molar-refractivity contribution in [2.24, 2.45) is 0 Å². The van der Waals surface area contributed by atoms with Crippen molar-refractivity contribution in [3.05, 3.63) is 39.7 Å². The third-order valence-electron chi connectivity index (χ3n) is 7.07. The lowest BCUT2D eigenvalue weighted by Gasteiger charge is -2.31. The molecule has 6 nitrogen and oxygen atoms in total. The summed E-state index contributed by atoms with van der Waals surface area (Å²) in [5.74, 6) is 1.30. The van der Waals surface area contributed by atoms with Gasteiger partial charge in [0.05, 0.1) is 0 Å². The first-order valence-corrected chi connectivity index (χ1v) is 12.2. The number of aromatic nitrogens is 4. The Morgan fingerprint density at radius 2 is 2.00 bits per heavy atom. The van der Waals surface area contributed by atoms with Crippen molar-refractivity contribution in [2.75, 3.05) is 13.1 Å². The average Bonchev–Trinajstić information content (AvgIpc) is 3.30. The van der Waals surface area contributed by atoms with Gasteiger partial charge in [0.1, 0.15) is 5.82 Å². The zero-order valence-corrected chi connectivity index (χ0v) is 19.9. The predicted molar refractivity (Wildman–Crippen MR) is 127 cm³/mol. The Morgan fingerprint density at radius 1 is 1.23 bits per heavy atom. The van der Waals surface area contributed by atoms with Gasteiger partial charge in [-0.25, -0.2) is 0 Å². The normalized spacial score (nSPS) is 20.6. The summed E-state index contributed by atoms with van der Waals surface area (Å²) in [4.78, 5) is 15.0. The predicted octanol–water partition coefficient (Wildman–Crippen LogP) is 5.30. The molecule has 1 amide bonds. The van der Waals surface area contributed by atoms with Crippen molar-refractivity contribution in [1.82, 2.24) is 24.2 Å². The number of piperidine rings is 1. The fraction of sp³-hybridized carbons (Fsp3) is 0.625. The highest BCUT2D eigenvalue weighted by Crippen LogP contribution is 2.32. The maximum atomic E-state index is 13.0. The summed E-state index contributed by atoms with van der Waals surface area (Å²) in [5.41, 5.74) is 3.75. The fourth-order valence-electron chi connectivity index (χ4n) is 5.47. The third-order valence-corrected chi connectivity index (χ3v) is 7.38. The van der Waals surface area contributed by atoms with E-state index in [-0.39, 0.29) is 11.8 Å². The van der Waals surface area contributed by atoms with Gasteiger partial charge in [-0.1, -0.05) is 19.3 Å². The van der Waals surface area contributed by atoms with Crippen molar-refractivity contribution in [2.45, 2.75) is 84.2 Å². The third kappa shape index (κ3) is 4.56. The van der Waals surface area contributed by atoms with Crippen LogP contribution in [-0.4, -0.2) is 43.2 Å². The summed E-state index contributed by atoms with van der Waals surface area (Å²) in [7, 11) is 0. The smallest absolute Gasteiger partial charge is 0.246 e. The van der Waals surface area contributed by atoms with Gasteiger partial charge in [0.25, 0.3) is 0 Å². The number of hydrogen-bond acceptors (Lipinski definition) is 3. The van der Waals surface area contributed by atoms with E-state index in [1.54, 1.807) is 6.08 Å². The number of carbonyl (C=O) groups excluding carboxylic acids is 1. The molecule has 1 aliphatic heterocycles. The highest BCUT2D eigenvalue weighted by atomic mass is 32.1. The number of aryl methyl sites for hydroxylation is 1. The van der Waals surface area contributed by atoms with Crippen molar-refractivity contribution < 1.29 is 4.79 Å². The molecule has 31 heavy (non-hydrogen) atoms. The summed E-state index contributed by atoms with van der Waals surface area (Å²) in [5, 5.41) is 7.37. The van der Waals surface area contributed by atoms with Gasteiger partial charge in [-0.2, -0.15) is 5.10 Å². The Kier molecular flexibility index (Phi) is 6.80. The molecule has 1 unspecified atom stereocenters. The summed E-state index contributed by atoms with van der Waals surface area (Å²) in [6, 6.07) is 2.84. The summed E-state index contributed by atoms with van der Waals surface area (Å²) in [6.07, 6.45) is 12.3. The van der Waals surface area contributed by atoms with Gasteiger partial charge < -0.3 is 14.0 Å². The molecule has 7 heteroatoms. The monoisotopic (exact) mass is 441 g/mol. The topological polar surface area (TPSA) is 58.9 Å². The van der Waals surface area contributed by atoms with Crippen LogP contribution < -0.4 is 0 Å². The van der Waals surface area contributed by atoms with Crippen molar-refractivity contribution in [3.8, 4) is 0 Å². The molecule has 168 valence electrons. The van der Waals surface area contributed by atoms with E-state index in [1.807, 2.05) is 15.5 Å². The number of likely N-dealkylation sites (tertiary alicyclic amines) is 1. The van der Waals surface area contributed by atoms with Crippen molar-refractivity contribution >= 4 is 24.2 Å². The summed E-state index contributed by atoms with van der Waals surface area (Å²) >= 11 is 5.34. The maximum Gasteiger partial charge on any atom is 0.246 e. The molecule has 3 heterocycles. The van der Waals surface area contributed by atoms with Crippen LogP contribution in [0.15, 0.2) is 12.1 Å². The Morgan fingerprint density at radius 3 is 2.74 bits per heavy atom. The lowest BCUT2D eigenvalue weighted by molar-refractivity contribution is -0.127. The Balaban J connectivity index is 1.46. The molecule has 1 saturated heterocycles. The minimum Gasteiger partial charge on any atom is -0.346 e. The minimum atomic E-state index is 0.0874. The molecular formula is C24H35N5OS. The van der Waals surface area contributed by atoms with Crippen LogP contribution in [0.1, 0.15) is 86.6 Å². The van der Waals surface area contributed by atoms with Gasteiger partial charge >= 0.3 is 0 Å². The number of nitrogens with one attached hydrogen (secondary N) is 1. The second kappa shape index (κ2) is 9.55. The van der Waals surface area contributed by atoms with Crippen LogP contribution in [0.3, 0.4) is 0 Å². The number of amides is 1. The highest BCUT2D eigenvalue weighted by molar-refractivity contribution is 7.71. The van der Waals surface area contributed by atoms with Gasteiger partial charge in [0, 0.05) is 49.1 Å². The molecule has 1 saturated carbocycles. The van der Waals surface area contributed by atoms with E-state index in [9.17, 15) is 4.79 Å². The number of hydrogen-bond donors (Lipinski definition) is 1. The van der Waals surface area contributed by atoms with Crippen LogP contribution in [0.25, 0.3) is 6.08 Å². The van der Waals surface area contributed by atoms with Crippen LogP contribution in [0.5, 0.6) is 0 Å². The highest BCUT2D eigenvalue weighted by Gasteiger charge is 2.27. The molecule has 1 aliphatic carbocycles. The maximum absolute atomic E-state index is 13.0. The number of H-pyrrole nitrogens is 1. The van der Waals surface area contributed by atoms with Gasteiger partial charge in [0.15, 0.2) is 4.77 Å². The molecule has 1 atom stereocenters. The minimum absolute atomic E-state index is 0.0874. The number of aromatic amines is 1. The van der Waals surface area contributed by atoms with Crippen molar-refractivity contribution in [3.63, 3.8) is 0 Å². The quantitative estimate of drug-likeness (QED) is 0.506. The Labute approximate surface area is 190 Å². The zero-order valence-electron chi connectivity index (χ0n) is 19.1. The standard InChI is InChI=1S/C24H35N5OS/c1-4-28-23(25-26-24(28)31)20-9-8-14-27(16-20)22(30)13-12-19-15-17(2)29(18(19)3)21-10-6-5-7-11-21/h12-13,15,20-21H,4-11,14,16H2,1-3H3,(H,26,31)/b13-12+. The lowest BCUT2D eigenvalue weighted by Crippen LogP contribution is -2.38. The first-order valence-electron chi connectivity index (χ1n) is 11.8. The first kappa shape index (κ1) is 22.1. The summed E-state index contributed by atoms with van der Waals surface area (Å²) in [6.45, 7) is 8.76. The molecule has 2 aliphatic rings. The van der Waals surface area contributed by atoms with E-state index in [1.165, 1.54) is 43.5 Å². The molecule has 0 radical (unpaired) electrons. The van der Waals surface area contributed by atoms with Crippen LogP contribution >= 0.6 is 12.2 Å². The molecule has 4 rings (SSSR count). The Hall–Kier alpha value is -2.15. The van der Waals surface area contributed by atoms with E-state index in [0.717, 1.165) is 37.3 Å². The van der Waals surface area contributed by atoms with Gasteiger partial charge in [-0.3, -0.25) is 9.89 Å². The van der Waals surface area contributed by atoms with E-state index in [4.69, 9.17) is 12.2 Å². The number of nitrogens with zero attached hydrogens (tertiary/aromatic N) is 4. The van der Waals surface area contributed by atoms with Gasteiger partial charge in [-0.15, -0.1) is 0 Å². The second-order valence-corrected chi connectivity index (χ2v) is 9.46. The largest absolute Gasteiger partial charge is 0.346 e. The van der Waals surface area contributed by atoms with Crippen LogP contribution in [0.4, 0.5) is 0 Å². The molecule has 2 fully saturated rings. The van der Waals surface area contributed by atoms with Crippen LogP contribution in [-0.2, 0) is 11.3 Å².